The first-order valence-electron chi connectivity index (χ1n) is 10.2. The van der Waals surface area contributed by atoms with Gasteiger partial charge in [0.1, 0.15) is 11.8 Å². The molecule has 0 spiro atoms. The molecule has 2 fully saturated rings. The minimum atomic E-state index is -0.0191. The average molecular weight is 411 g/mol. The lowest BCUT2D eigenvalue weighted by molar-refractivity contribution is 0.122. The van der Waals surface area contributed by atoms with Gasteiger partial charge in [-0.2, -0.15) is 0 Å². The van der Waals surface area contributed by atoms with Crippen molar-refractivity contribution >= 4 is 22.6 Å². The average Bonchev–Trinajstić information content (AvgIpc) is 3.30. The fourth-order valence-electron chi connectivity index (χ4n) is 4.42. The number of methoxy groups -OCH3 is 1. The largest absolute Gasteiger partial charge is 0.496 e. The van der Waals surface area contributed by atoms with Crippen molar-refractivity contribution < 1.29 is 9.47 Å². The number of anilines is 1. The highest BCUT2D eigenvalue weighted by atomic mass is 32.2. The number of aliphatic imine (C=N–C) groups is 1. The molecule has 3 aliphatic heterocycles. The van der Waals surface area contributed by atoms with Crippen LogP contribution in [0.2, 0.25) is 0 Å². The molecule has 0 amide bonds. The van der Waals surface area contributed by atoms with Crippen molar-refractivity contribution in [1.29, 1.82) is 0 Å². The molecular formula is C22H26N4O2S. The first-order chi connectivity index (χ1) is 14.2. The number of ether oxygens (including phenoxy) is 2. The van der Waals surface area contributed by atoms with Crippen LogP contribution in [-0.2, 0) is 4.74 Å². The zero-order valence-electron chi connectivity index (χ0n) is 16.8. The Kier molecular flexibility index (Phi) is 5.09. The highest BCUT2D eigenvalue weighted by Crippen LogP contribution is 2.49. The lowest BCUT2D eigenvalue weighted by Gasteiger charge is -2.31. The smallest absolute Gasteiger partial charge is 0.160 e. The maximum Gasteiger partial charge on any atom is 0.160 e. The van der Waals surface area contributed by atoms with Gasteiger partial charge in [-0.05, 0) is 18.2 Å². The third-order valence-electron chi connectivity index (χ3n) is 5.79. The van der Waals surface area contributed by atoms with Crippen molar-refractivity contribution in [3.63, 3.8) is 0 Å². The monoisotopic (exact) mass is 410 g/mol. The highest BCUT2D eigenvalue weighted by Gasteiger charge is 2.44. The minimum absolute atomic E-state index is 0.0191. The quantitative estimate of drug-likeness (QED) is 0.769. The molecule has 0 N–H and O–H groups in total. The van der Waals surface area contributed by atoms with Gasteiger partial charge in [0.2, 0.25) is 0 Å². The molecule has 0 radical (unpaired) electrons. The third kappa shape index (κ3) is 3.46. The second kappa shape index (κ2) is 7.88. The second-order valence-corrected chi connectivity index (χ2v) is 9.07. The predicted octanol–water partition coefficient (Wildman–Crippen LogP) is 3.52. The number of thioether (sulfide) groups is 1. The molecular weight excluding hydrogens is 384 g/mol. The molecule has 0 saturated carbocycles. The van der Waals surface area contributed by atoms with Gasteiger partial charge >= 0.3 is 0 Å². The fourth-order valence-corrected chi connectivity index (χ4v) is 5.51. The molecule has 7 heteroatoms. The van der Waals surface area contributed by atoms with Gasteiger partial charge in [0.05, 0.1) is 32.1 Å². The lowest BCUT2D eigenvalue weighted by Crippen LogP contribution is -2.36. The van der Waals surface area contributed by atoms with Gasteiger partial charge in [0, 0.05) is 48.4 Å². The Morgan fingerprint density at radius 3 is 2.79 bits per heavy atom. The maximum absolute atomic E-state index is 5.89. The van der Waals surface area contributed by atoms with Crippen LogP contribution in [0, 0.1) is 0 Å². The number of morpholine rings is 1. The van der Waals surface area contributed by atoms with Crippen LogP contribution in [0.25, 0.3) is 0 Å². The molecule has 6 nitrogen and oxygen atoms in total. The Labute approximate surface area is 175 Å². The number of pyridine rings is 1. The number of benzene rings is 1. The molecule has 2 aromatic rings. The molecule has 1 aromatic heterocycles. The number of amidine groups is 1. The van der Waals surface area contributed by atoms with Crippen LogP contribution in [0.15, 0.2) is 47.6 Å². The number of nitrogens with zero attached hydrogens (tertiary/aromatic N) is 4. The van der Waals surface area contributed by atoms with E-state index < -0.39 is 0 Å². The van der Waals surface area contributed by atoms with E-state index in [1.54, 1.807) is 7.11 Å². The van der Waals surface area contributed by atoms with E-state index in [0.717, 1.165) is 49.5 Å². The van der Waals surface area contributed by atoms with Gasteiger partial charge in [-0.1, -0.05) is 30.8 Å². The number of hydrogen-bond acceptors (Lipinski definition) is 7. The van der Waals surface area contributed by atoms with Crippen LogP contribution in [-0.4, -0.2) is 60.3 Å². The summed E-state index contributed by atoms with van der Waals surface area (Å²) in [6.07, 6.45) is 1.85. The molecule has 3 atom stereocenters. The number of fused-ring (bicyclic) bond motifs is 1. The minimum Gasteiger partial charge on any atom is -0.496 e. The van der Waals surface area contributed by atoms with Gasteiger partial charge in [0.15, 0.2) is 5.17 Å². The molecule has 3 aliphatic rings. The second-order valence-electron chi connectivity index (χ2n) is 7.66. The van der Waals surface area contributed by atoms with Gasteiger partial charge in [0.25, 0.3) is 0 Å². The Bertz CT molecular complexity index is 901. The van der Waals surface area contributed by atoms with Crippen molar-refractivity contribution in [3.8, 4) is 5.75 Å². The van der Waals surface area contributed by atoms with Crippen LogP contribution in [0.5, 0.6) is 5.75 Å². The van der Waals surface area contributed by atoms with Gasteiger partial charge < -0.3 is 19.3 Å². The van der Waals surface area contributed by atoms with Gasteiger partial charge in [-0.3, -0.25) is 9.98 Å². The molecule has 0 aliphatic carbocycles. The lowest BCUT2D eigenvalue weighted by atomic mass is 9.95. The van der Waals surface area contributed by atoms with Crippen LogP contribution in [0.3, 0.4) is 0 Å². The van der Waals surface area contributed by atoms with Crippen molar-refractivity contribution in [2.75, 3.05) is 44.9 Å². The SMILES string of the molecule is COc1cc(N2CCOCC2)ccc1[C@@H]1[C@H](c2ccccn2)N=C2S[C@@H](C)CN21. The van der Waals surface area contributed by atoms with Crippen molar-refractivity contribution in [2.24, 2.45) is 4.99 Å². The van der Waals surface area contributed by atoms with E-state index in [1.165, 1.54) is 11.3 Å². The first kappa shape index (κ1) is 18.8. The molecule has 1 aromatic carbocycles. The van der Waals surface area contributed by atoms with Gasteiger partial charge in [-0.25, -0.2) is 0 Å². The summed E-state index contributed by atoms with van der Waals surface area (Å²) in [5.74, 6) is 0.918. The van der Waals surface area contributed by atoms with Crippen molar-refractivity contribution in [2.45, 2.75) is 24.3 Å². The normalized spacial score (nSPS) is 26.4. The summed E-state index contributed by atoms with van der Waals surface area (Å²) in [6.45, 7) is 6.62. The molecule has 2 saturated heterocycles. The summed E-state index contributed by atoms with van der Waals surface area (Å²) in [4.78, 5) is 14.5. The molecule has 4 heterocycles. The zero-order chi connectivity index (χ0) is 19.8. The van der Waals surface area contributed by atoms with Crippen LogP contribution >= 0.6 is 11.8 Å². The number of rotatable bonds is 4. The first-order valence-corrected chi connectivity index (χ1v) is 11.0. The maximum atomic E-state index is 5.89. The summed E-state index contributed by atoms with van der Waals surface area (Å²) in [7, 11) is 1.76. The van der Waals surface area contributed by atoms with Crippen molar-refractivity contribution in [1.82, 2.24) is 9.88 Å². The summed E-state index contributed by atoms with van der Waals surface area (Å²) in [5, 5.41) is 1.66. The van der Waals surface area contributed by atoms with E-state index >= 15 is 0 Å². The standard InChI is InChI=1S/C22H26N4O2S/c1-15-14-26-21(20(24-22(26)29-15)18-5-3-4-8-23-18)17-7-6-16(13-19(17)27-2)25-9-11-28-12-10-25/h3-8,13,15,20-21H,9-12,14H2,1-2H3/t15-,20-,21+/m0/s1. The topological polar surface area (TPSA) is 50.2 Å². The molecule has 152 valence electrons. The van der Waals surface area contributed by atoms with E-state index in [4.69, 9.17) is 14.5 Å². The predicted molar refractivity (Wildman–Crippen MR) is 117 cm³/mol. The van der Waals surface area contributed by atoms with Crippen molar-refractivity contribution in [3.05, 3.63) is 53.9 Å². The Hall–Kier alpha value is -2.25. The third-order valence-corrected chi connectivity index (χ3v) is 6.90. The molecule has 29 heavy (non-hydrogen) atoms. The zero-order valence-corrected chi connectivity index (χ0v) is 17.6. The van der Waals surface area contributed by atoms with Gasteiger partial charge in [-0.15, -0.1) is 0 Å². The Morgan fingerprint density at radius 2 is 2.03 bits per heavy atom. The summed E-state index contributed by atoms with van der Waals surface area (Å²) >= 11 is 1.86. The van der Waals surface area contributed by atoms with E-state index in [2.05, 4.69) is 46.0 Å². The molecule has 5 rings (SSSR count). The van der Waals surface area contributed by atoms with Crippen LogP contribution < -0.4 is 9.64 Å². The summed E-state index contributed by atoms with van der Waals surface area (Å²) in [5.41, 5.74) is 3.37. The van der Waals surface area contributed by atoms with E-state index in [1.807, 2.05) is 30.1 Å². The van der Waals surface area contributed by atoms with E-state index in [-0.39, 0.29) is 12.1 Å². The van der Waals surface area contributed by atoms with E-state index in [9.17, 15) is 0 Å². The summed E-state index contributed by atoms with van der Waals surface area (Å²) < 4.78 is 11.4. The fraction of sp³-hybridized carbons (Fsp3) is 0.455. The van der Waals surface area contributed by atoms with Crippen LogP contribution in [0.1, 0.15) is 30.3 Å². The molecule has 0 bridgehead atoms. The number of aromatic nitrogens is 1. The summed E-state index contributed by atoms with van der Waals surface area (Å²) in [6, 6.07) is 12.8. The van der Waals surface area contributed by atoms with Crippen LogP contribution in [0.4, 0.5) is 5.69 Å². The molecule has 0 unspecified atom stereocenters. The Balaban J connectivity index is 1.53. The number of hydrogen-bond donors (Lipinski definition) is 0. The highest BCUT2D eigenvalue weighted by molar-refractivity contribution is 8.14. The Morgan fingerprint density at radius 1 is 1.17 bits per heavy atom. The van der Waals surface area contributed by atoms with E-state index in [0.29, 0.717) is 5.25 Å².